The summed E-state index contributed by atoms with van der Waals surface area (Å²) in [5.41, 5.74) is 2.00. The Bertz CT molecular complexity index is 394. The normalized spacial score (nSPS) is 32.6. The monoisotopic (exact) mass is 255 g/mol. The van der Waals surface area contributed by atoms with E-state index in [9.17, 15) is 0 Å². The van der Waals surface area contributed by atoms with E-state index >= 15 is 0 Å². The fraction of sp³-hybridized carbons (Fsp3) is 0.632. The Morgan fingerprint density at radius 3 is 2.58 bits per heavy atom. The van der Waals surface area contributed by atoms with Gasteiger partial charge in [-0.3, -0.25) is 0 Å². The van der Waals surface area contributed by atoms with Crippen LogP contribution in [0.25, 0.3) is 0 Å². The third kappa shape index (κ3) is 2.35. The van der Waals surface area contributed by atoms with E-state index in [4.69, 9.17) is 0 Å². The molecule has 0 heterocycles. The van der Waals surface area contributed by atoms with E-state index in [0.717, 1.165) is 5.92 Å². The maximum atomic E-state index is 2.41. The van der Waals surface area contributed by atoms with Crippen molar-refractivity contribution in [2.75, 3.05) is 0 Å². The highest BCUT2D eigenvalue weighted by atomic mass is 14.5. The Morgan fingerprint density at radius 2 is 1.79 bits per heavy atom. The Morgan fingerprint density at radius 1 is 1.00 bits per heavy atom. The van der Waals surface area contributed by atoms with E-state index in [0.29, 0.717) is 5.41 Å². The fourth-order valence-corrected chi connectivity index (χ4v) is 4.72. The highest BCUT2D eigenvalue weighted by Gasteiger charge is 2.45. The first-order chi connectivity index (χ1) is 9.37. The van der Waals surface area contributed by atoms with Crippen LogP contribution in [-0.2, 0) is 5.41 Å². The molecule has 2 fully saturated rings. The summed E-state index contributed by atoms with van der Waals surface area (Å²) >= 11 is 0. The van der Waals surface area contributed by atoms with Crippen LogP contribution in [0, 0.1) is 11.8 Å². The van der Waals surface area contributed by atoms with E-state index in [2.05, 4.69) is 37.3 Å². The SMILES string of the molecule is CCC1(c2ccccc2)CCCCCC2CCC[C]21. The maximum absolute atomic E-state index is 2.41. The average molecular weight is 255 g/mol. The highest BCUT2D eigenvalue weighted by molar-refractivity contribution is 5.35. The highest BCUT2D eigenvalue weighted by Crippen LogP contribution is 2.54. The molecule has 0 aromatic heterocycles. The molecule has 19 heavy (non-hydrogen) atoms. The third-order valence-electron chi connectivity index (χ3n) is 5.69. The van der Waals surface area contributed by atoms with Gasteiger partial charge >= 0.3 is 0 Å². The van der Waals surface area contributed by atoms with Gasteiger partial charge in [-0.2, -0.15) is 0 Å². The zero-order chi connectivity index (χ0) is 13.1. The lowest BCUT2D eigenvalue weighted by molar-refractivity contribution is 0.292. The lowest BCUT2D eigenvalue weighted by Gasteiger charge is -2.43. The predicted octanol–water partition coefficient (Wildman–Crippen LogP) is 5.67. The van der Waals surface area contributed by atoms with Gasteiger partial charge in [-0.1, -0.05) is 62.9 Å². The van der Waals surface area contributed by atoms with Gasteiger partial charge in [0, 0.05) is 5.41 Å². The summed E-state index contributed by atoms with van der Waals surface area (Å²) in [6, 6.07) is 11.4. The first-order valence-electron chi connectivity index (χ1n) is 8.28. The van der Waals surface area contributed by atoms with Crippen molar-refractivity contribution in [3.8, 4) is 0 Å². The van der Waals surface area contributed by atoms with Crippen LogP contribution >= 0.6 is 0 Å². The average Bonchev–Trinajstić information content (AvgIpc) is 2.89. The summed E-state index contributed by atoms with van der Waals surface area (Å²) in [5.74, 6) is 2.85. The molecule has 0 bridgehead atoms. The molecule has 3 rings (SSSR count). The van der Waals surface area contributed by atoms with Gasteiger partial charge in [0.15, 0.2) is 0 Å². The second-order valence-corrected chi connectivity index (χ2v) is 6.52. The van der Waals surface area contributed by atoms with Crippen LogP contribution in [0.15, 0.2) is 30.3 Å². The quantitative estimate of drug-likeness (QED) is 0.638. The minimum atomic E-state index is 0.406. The van der Waals surface area contributed by atoms with Gasteiger partial charge in [-0.05, 0) is 49.5 Å². The molecule has 0 heteroatoms. The van der Waals surface area contributed by atoms with Crippen molar-refractivity contribution in [1.29, 1.82) is 0 Å². The molecule has 0 N–H and O–H groups in total. The minimum Gasteiger partial charge on any atom is -0.0645 e. The summed E-state index contributed by atoms with van der Waals surface area (Å²) in [6.07, 6.45) is 12.8. The van der Waals surface area contributed by atoms with Gasteiger partial charge in [0.1, 0.15) is 0 Å². The Labute approximate surface area is 118 Å². The summed E-state index contributed by atoms with van der Waals surface area (Å²) < 4.78 is 0. The van der Waals surface area contributed by atoms with Crippen molar-refractivity contribution in [2.24, 2.45) is 5.92 Å². The van der Waals surface area contributed by atoms with Crippen molar-refractivity contribution >= 4 is 0 Å². The van der Waals surface area contributed by atoms with Crippen molar-refractivity contribution in [3.05, 3.63) is 41.8 Å². The van der Waals surface area contributed by atoms with Crippen molar-refractivity contribution in [2.45, 2.75) is 70.1 Å². The van der Waals surface area contributed by atoms with Crippen LogP contribution < -0.4 is 0 Å². The third-order valence-corrected chi connectivity index (χ3v) is 5.69. The van der Waals surface area contributed by atoms with Crippen LogP contribution in [-0.4, -0.2) is 0 Å². The van der Waals surface area contributed by atoms with Gasteiger partial charge in [-0.15, -0.1) is 0 Å². The smallest absolute Gasteiger partial charge is 0.00151 e. The molecule has 0 nitrogen and oxygen atoms in total. The number of hydrogen-bond donors (Lipinski definition) is 0. The number of fused-ring (bicyclic) bond motifs is 1. The molecule has 2 unspecified atom stereocenters. The fourth-order valence-electron chi connectivity index (χ4n) is 4.72. The lowest BCUT2D eigenvalue weighted by Crippen LogP contribution is -2.36. The molecule has 2 saturated carbocycles. The van der Waals surface area contributed by atoms with Crippen LogP contribution in [0.4, 0.5) is 0 Å². The van der Waals surface area contributed by atoms with Gasteiger partial charge in [-0.25, -0.2) is 0 Å². The van der Waals surface area contributed by atoms with Crippen molar-refractivity contribution < 1.29 is 0 Å². The molecule has 1 aromatic carbocycles. The van der Waals surface area contributed by atoms with E-state index in [-0.39, 0.29) is 0 Å². The molecule has 103 valence electrons. The number of rotatable bonds is 2. The zero-order valence-corrected chi connectivity index (χ0v) is 12.3. The van der Waals surface area contributed by atoms with Crippen LogP contribution in [0.5, 0.6) is 0 Å². The molecule has 0 saturated heterocycles. The summed E-state index contributed by atoms with van der Waals surface area (Å²) in [5, 5.41) is 0. The topological polar surface area (TPSA) is 0 Å². The number of benzene rings is 1. The Kier molecular flexibility index (Phi) is 3.96. The van der Waals surface area contributed by atoms with E-state index in [1.165, 1.54) is 57.8 Å². The largest absolute Gasteiger partial charge is 0.0645 e. The van der Waals surface area contributed by atoms with Crippen molar-refractivity contribution in [3.63, 3.8) is 0 Å². The molecule has 0 spiro atoms. The molecule has 1 radical (unpaired) electrons. The lowest BCUT2D eigenvalue weighted by atomic mass is 9.60. The molecule has 2 aliphatic rings. The molecule has 2 aliphatic carbocycles. The van der Waals surface area contributed by atoms with Gasteiger partial charge in [0.05, 0.1) is 0 Å². The van der Waals surface area contributed by atoms with Gasteiger partial charge < -0.3 is 0 Å². The molecule has 0 amide bonds. The van der Waals surface area contributed by atoms with Crippen LogP contribution in [0.3, 0.4) is 0 Å². The zero-order valence-electron chi connectivity index (χ0n) is 12.3. The standard InChI is InChI=1S/C19H27/c1-2-19(17-12-6-3-7-13-17)15-8-4-5-10-16-11-9-14-18(16)19/h3,6-7,12-13,16H,2,4-5,8-11,14-15H2,1H3. The summed E-state index contributed by atoms with van der Waals surface area (Å²) in [6.45, 7) is 2.41. The second kappa shape index (κ2) is 5.69. The Hall–Kier alpha value is -0.780. The first kappa shape index (κ1) is 13.2. The molecular formula is C19H27. The van der Waals surface area contributed by atoms with E-state index < -0.39 is 0 Å². The second-order valence-electron chi connectivity index (χ2n) is 6.52. The van der Waals surface area contributed by atoms with E-state index in [1.807, 2.05) is 5.92 Å². The molecule has 1 aromatic rings. The molecular weight excluding hydrogens is 228 g/mol. The summed E-state index contributed by atoms with van der Waals surface area (Å²) in [7, 11) is 0. The predicted molar refractivity (Wildman–Crippen MR) is 82.1 cm³/mol. The maximum Gasteiger partial charge on any atom is 0.00151 e. The molecule has 2 atom stereocenters. The van der Waals surface area contributed by atoms with Crippen LogP contribution in [0.2, 0.25) is 0 Å². The molecule has 0 aliphatic heterocycles. The first-order valence-corrected chi connectivity index (χ1v) is 8.28. The van der Waals surface area contributed by atoms with E-state index in [1.54, 1.807) is 5.56 Å². The van der Waals surface area contributed by atoms with Crippen LogP contribution in [0.1, 0.15) is 70.3 Å². The number of hydrogen-bond acceptors (Lipinski definition) is 0. The summed E-state index contributed by atoms with van der Waals surface area (Å²) in [4.78, 5) is 0. The minimum absolute atomic E-state index is 0.406. The van der Waals surface area contributed by atoms with Gasteiger partial charge in [0.25, 0.3) is 0 Å². The van der Waals surface area contributed by atoms with Gasteiger partial charge in [0.2, 0.25) is 0 Å². The Balaban J connectivity index is 1.99. The van der Waals surface area contributed by atoms with Crippen molar-refractivity contribution in [1.82, 2.24) is 0 Å².